The van der Waals surface area contributed by atoms with Crippen LogP contribution in [0.2, 0.25) is 0 Å². The second-order valence-electron chi connectivity index (χ2n) is 3.88. The molecule has 0 saturated heterocycles. The maximum absolute atomic E-state index is 9.11. The molecule has 0 amide bonds. The number of nitrogens with zero attached hydrogens (tertiary/aromatic N) is 2. The van der Waals surface area contributed by atoms with Crippen molar-refractivity contribution in [3.63, 3.8) is 0 Å². The molecule has 0 saturated carbocycles. The zero-order chi connectivity index (χ0) is 11.4. The van der Waals surface area contributed by atoms with Crippen LogP contribution in [0.1, 0.15) is 13.8 Å². The predicted octanol–water partition coefficient (Wildman–Crippen LogP) is 3.43. The molecule has 15 heavy (non-hydrogen) atoms. The lowest BCUT2D eigenvalue weighted by Gasteiger charge is -2.28. The van der Waals surface area contributed by atoms with Crippen molar-refractivity contribution in [3.05, 3.63) is 28.7 Å². The molecule has 2 nitrogen and oxygen atoms in total. The first-order chi connectivity index (χ1) is 7.07. The summed E-state index contributed by atoms with van der Waals surface area (Å²) < 4.78 is 1.02. The zero-order valence-electron chi connectivity index (χ0n) is 9.24. The topological polar surface area (TPSA) is 27.0 Å². The van der Waals surface area contributed by atoms with E-state index in [1.807, 2.05) is 36.2 Å². The highest BCUT2D eigenvalue weighted by Crippen LogP contribution is 2.27. The molecule has 0 fully saturated rings. The Morgan fingerprint density at radius 3 is 2.40 bits per heavy atom. The van der Waals surface area contributed by atoms with Crippen molar-refractivity contribution in [2.75, 3.05) is 11.9 Å². The van der Waals surface area contributed by atoms with E-state index in [-0.39, 0.29) is 6.04 Å². The van der Waals surface area contributed by atoms with Crippen molar-refractivity contribution in [2.24, 2.45) is 5.92 Å². The van der Waals surface area contributed by atoms with Gasteiger partial charge in [0.15, 0.2) is 0 Å². The van der Waals surface area contributed by atoms with Gasteiger partial charge in [-0.3, -0.25) is 0 Å². The van der Waals surface area contributed by atoms with E-state index < -0.39 is 0 Å². The number of hydrogen-bond acceptors (Lipinski definition) is 2. The minimum absolute atomic E-state index is 0.0938. The Balaban J connectivity index is 2.99. The summed E-state index contributed by atoms with van der Waals surface area (Å²) in [7, 11) is 1.95. The lowest BCUT2D eigenvalue weighted by molar-refractivity contribution is 0.554. The van der Waals surface area contributed by atoms with Crippen molar-refractivity contribution < 1.29 is 0 Å². The first-order valence-corrected chi connectivity index (χ1v) is 5.74. The van der Waals surface area contributed by atoms with E-state index in [0.717, 1.165) is 10.2 Å². The van der Waals surface area contributed by atoms with Crippen molar-refractivity contribution in [1.82, 2.24) is 0 Å². The molecule has 1 aromatic carbocycles. The van der Waals surface area contributed by atoms with Gasteiger partial charge in [0.2, 0.25) is 0 Å². The molecule has 3 heteroatoms. The Morgan fingerprint density at radius 2 is 1.93 bits per heavy atom. The third kappa shape index (κ3) is 2.73. The fraction of sp³-hybridized carbons (Fsp3) is 0.417. The molecule has 0 aliphatic heterocycles. The molecular formula is C12H15BrN2. The van der Waals surface area contributed by atoms with Crippen LogP contribution in [0.25, 0.3) is 0 Å². The SMILES string of the molecule is CC(C)C(C#N)N(C)c1ccccc1Br. The van der Waals surface area contributed by atoms with Gasteiger partial charge in [0.05, 0.1) is 11.8 Å². The van der Waals surface area contributed by atoms with Crippen molar-refractivity contribution >= 4 is 21.6 Å². The molecule has 1 unspecified atom stereocenters. The number of benzene rings is 1. The first kappa shape index (κ1) is 12.1. The molecule has 0 aromatic heterocycles. The van der Waals surface area contributed by atoms with E-state index in [1.165, 1.54) is 0 Å². The van der Waals surface area contributed by atoms with Crippen LogP contribution in [-0.2, 0) is 0 Å². The fourth-order valence-corrected chi connectivity index (χ4v) is 2.13. The first-order valence-electron chi connectivity index (χ1n) is 4.95. The molecule has 0 aliphatic carbocycles. The minimum Gasteiger partial charge on any atom is -0.358 e. The Morgan fingerprint density at radius 1 is 1.33 bits per heavy atom. The van der Waals surface area contributed by atoms with Gasteiger partial charge in [-0.25, -0.2) is 0 Å². The highest BCUT2D eigenvalue weighted by molar-refractivity contribution is 9.10. The van der Waals surface area contributed by atoms with Crippen molar-refractivity contribution in [1.29, 1.82) is 5.26 Å². The molecule has 0 N–H and O–H groups in total. The highest BCUT2D eigenvalue weighted by Gasteiger charge is 2.19. The highest BCUT2D eigenvalue weighted by atomic mass is 79.9. The van der Waals surface area contributed by atoms with Gasteiger partial charge in [-0.1, -0.05) is 26.0 Å². The van der Waals surface area contributed by atoms with Gasteiger partial charge in [0.1, 0.15) is 6.04 Å². The fourth-order valence-electron chi connectivity index (χ4n) is 1.57. The third-order valence-electron chi connectivity index (χ3n) is 2.41. The molecule has 80 valence electrons. The third-order valence-corrected chi connectivity index (χ3v) is 3.08. The summed E-state index contributed by atoms with van der Waals surface area (Å²) in [6.45, 7) is 4.11. The van der Waals surface area contributed by atoms with Crippen LogP contribution in [0, 0.1) is 17.2 Å². The van der Waals surface area contributed by atoms with E-state index in [9.17, 15) is 0 Å². The number of rotatable bonds is 3. The molecule has 1 aromatic rings. The summed E-state index contributed by atoms with van der Waals surface area (Å²) in [6, 6.07) is 10.2. The standard InChI is InChI=1S/C12H15BrN2/c1-9(2)12(8-14)15(3)11-7-5-4-6-10(11)13/h4-7,9,12H,1-3H3. The molecule has 1 atom stereocenters. The maximum atomic E-state index is 9.11. The smallest absolute Gasteiger partial charge is 0.119 e. The van der Waals surface area contributed by atoms with Crippen LogP contribution in [0.5, 0.6) is 0 Å². The van der Waals surface area contributed by atoms with Crippen LogP contribution in [0.3, 0.4) is 0 Å². The van der Waals surface area contributed by atoms with Crippen LogP contribution in [0.15, 0.2) is 28.7 Å². The van der Waals surface area contributed by atoms with E-state index in [2.05, 4.69) is 35.8 Å². The molecule has 0 heterocycles. The Labute approximate surface area is 99.6 Å². The van der Waals surface area contributed by atoms with Gasteiger partial charge in [0, 0.05) is 11.5 Å². The van der Waals surface area contributed by atoms with Gasteiger partial charge in [0.25, 0.3) is 0 Å². The van der Waals surface area contributed by atoms with E-state index in [0.29, 0.717) is 5.92 Å². The number of para-hydroxylation sites is 1. The van der Waals surface area contributed by atoms with Crippen LogP contribution in [0.4, 0.5) is 5.69 Å². The Hall–Kier alpha value is -1.01. The number of halogens is 1. The summed E-state index contributed by atoms with van der Waals surface area (Å²) in [5.74, 6) is 0.312. The Bertz CT molecular complexity index is 368. The average molecular weight is 267 g/mol. The van der Waals surface area contributed by atoms with Gasteiger partial charge in [-0.15, -0.1) is 0 Å². The van der Waals surface area contributed by atoms with Crippen LogP contribution >= 0.6 is 15.9 Å². The summed E-state index contributed by atoms with van der Waals surface area (Å²) in [6.07, 6.45) is 0. The molecule has 0 aliphatic rings. The van der Waals surface area contributed by atoms with Crippen molar-refractivity contribution in [2.45, 2.75) is 19.9 Å². The lowest BCUT2D eigenvalue weighted by atomic mass is 10.0. The molecule has 0 spiro atoms. The predicted molar refractivity (Wildman–Crippen MR) is 66.8 cm³/mol. The van der Waals surface area contributed by atoms with Crippen LogP contribution in [-0.4, -0.2) is 13.1 Å². The Kier molecular flexibility index (Phi) is 4.16. The maximum Gasteiger partial charge on any atom is 0.119 e. The zero-order valence-corrected chi connectivity index (χ0v) is 10.8. The summed E-state index contributed by atoms with van der Waals surface area (Å²) >= 11 is 3.49. The number of nitriles is 1. The summed E-state index contributed by atoms with van der Waals surface area (Å²) in [5, 5.41) is 9.11. The van der Waals surface area contributed by atoms with E-state index in [1.54, 1.807) is 0 Å². The summed E-state index contributed by atoms with van der Waals surface area (Å²) in [4.78, 5) is 2.01. The average Bonchev–Trinajstić information content (AvgIpc) is 2.18. The van der Waals surface area contributed by atoms with Gasteiger partial charge in [-0.2, -0.15) is 5.26 Å². The van der Waals surface area contributed by atoms with Gasteiger partial charge < -0.3 is 4.90 Å². The molecule has 0 radical (unpaired) electrons. The lowest BCUT2D eigenvalue weighted by Crippen LogP contribution is -2.34. The second kappa shape index (κ2) is 5.18. The number of hydrogen-bond donors (Lipinski definition) is 0. The number of anilines is 1. The molecule has 0 bridgehead atoms. The second-order valence-corrected chi connectivity index (χ2v) is 4.73. The summed E-state index contributed by atoms with van der Waals surface area (Å²) in [5.41, 5.74) is 1.05. The normalized spacial score (nSPS) is 12.3. The van der Waals surface area contributed by atoms with Gasteiger partial charge in [-0.05, 0) is 34.0 Å². The quantitative estimate of drug-likeness (QED) is 0.838. The van der Waals surface area contributed by atoms with E-state index in [4.69, 9.17) is 5.26 Å². The molecular weight excluding hydrogens is 252 g/mol. The minimum atomic E-state index is -0.0938. The van der Waals surface area contributed by atoms with Crippen LogP contribution < -0.4 is 4.90 Å². The largest absolute Gasteiger partial charge is 0.358 e. The van der Waals surface area contributed by atoms with Gasteiger partial charge >= 0.3 is 0 Å². The monoisotopic (exact) mass is 266 g/mol. The molecule has 1 rings (SSSR count). The van der Waals surface area contributed by atoms with E-state index >= 15 is 0 Å². The van der Waals surface area contributed by atoms with Crippen molar-refractivity contribution in [3.8, 4) is 6.07 Å².